The van der Waals surface area contributed by atoms with E-state index < -0.39 is 24.2 Å². The summed E-state index contributed by atoms with van der Waals surface area (Å²) in [7, 11) is 0. The third-order valence-corrected chi connectivity index (χ3v) is 6.29. The molecule has 0 saturated carbocycles. The minimum Gasteiger partial charge on any atom is -0.508 e. The van der Waals surface area contributed by atoms with Gasteiger partial charge in [0.15, 0.2) is 11.5 Å². The lowest BCUT2D eigenvalue weighted by Gasteiger charge is -2.25. The third-order valence-electron chi connectivity index (χ3n) is 6.29. The molecule has 5 rings (SSSR count). The Hall–Kier alpha value is -4.40. The molecule has 1 heterocycles. The van der Waals surface area contributed by atoms with Gasteiger partial charge in [0.25, 0.3) is 0 Å². The Morgan fingerprint density at radius 1 is 0.722 bits per heavy atom. The van der Waals surface area contributed by atoms with Gasteiger partial charge < -0.3 is 40.5 Å². The van der Waals surface area contributed by atoms with Crippen molar-refractivity contribution in [1.82, 2.24) is 0 Å². The lowest BCUT2D eigenvalue weighted by Crippen LogP contribution is -2.29. The molecule has 0 amide bonds. The molecule has 184 valence electrons. The molecule has 0 radical (unpaired) electrons. The van der Waals surface area contributed by atoms with Crippen LogP contribution in [0.5, 0.6) is 34.5 Å². The predicted molar refractivity (Wildman–Crippen MR) is 132 cm³/mol. The van der Waals surface area contributed by atoms with Crippen LogP contribution in [-0.4, -0.2) is 54.1 Å². The molecule has 36 heavy (non-hydrogen) atoms. The van der Waals surface area contributed by atoms with Crippen LogP contribution in [0, 0.1) is 0 Å². The van der Waals surface area contributed by atoms with Gasteiger partial charge in [0.05, 0.1) is 5.92 Å². The highest BCUT2D eigenvalue weighted by molar-refractivity contribution is 5.76. The van der Waals surface area contributed by atoms with Crippen molar-refractivity contribution >= 4 is 12.2 Å². The number of aliphatic hydroxyl groups excluding tert-OH is 2. The van der Waals surface area contributed by atoms with Crippen LogP contribution < -0.4 is 4.74 Å². The van der Waals surface area contributed by atoms with Gasteiger partial charge in [-0.2, -0.15) is 0 Å². The van der Waals surface area contributed by atoms with E-state index in [1.807, 2.05) is 0 Å². The molecule has 3 aromatic carbocycles. The van der Waals surface area contributed by atoms with Crippen molar-refractivity contribution in [2.45, 2.75) is 24.2 Å². The summed E-state index contributed by atoms with van der Waals surface area (Å²) in [5.41, 5.74) is 2.95. The number of ether oxygens (including phenoxy) is 1. The number of aromatic hydroxyl groups is 5. The Morgan fingerprint density at radius 2 is 1.44 bits per heavy atom. The summed E-state index contributed by atoms with van der Waals surface area (Å²) in [5, 5.41) is 70.3. The number of hydrogen-bond acceptors (Lipinski definition) is 8. The van der Waals surface area contributed by atoms with Gasteiger partial charge in [0.1, 0.15) is 41.3 Å². The SMILES string of the molecule is Oc1cc(O)cc(C2c3c(C=Cc4ccc(O)c(O)c4)cc(O)cc3OC2C2=CC(O)C(O)C=C2)c1. The first-order valence-electron chi connectivity index (χ1n) is 11.2. The molecule has 0 fully saturated rings. The molecule has 1 aliphatic heterocycles. The number of benzene rings is 3. The van der Waals surface area contributed by atoms with E-state index in [4.69, 9.17) is 4.74 Å². The summed E-state index contributed by atoms with van der Waals surface area (Å²) in [5.74, 6) is -1.05. The fourth-order valence-electron chi connectivity index (χ4n) is 4.65. The highest BCUT2D eigenvalue weighted by Gasteiger charge is 2.40. The fourth-order valence-corrected chi connectivity index (χ4v) is 4.65. The van der Waals surface area contributed by atoms with Crippen molar-refractivity contribution in [3.63, 3.8) is 0 Å². The highest BCUT2D eigenvalue weighted by atomic mass is 16.5. The van der Waals surface area contributed by atoms with Gasteiger partial charge >= 0.3 is 0 Å². The van der Waals surface area contributed by atoms with Crippen molar-refractivity contribution in [3.05, 3.63) is 94.6 Å². The van der Waals surface area contributed by atoms with Gasteiger partial charge in [-0.05, 0) is 58.7 Å². The van der Waals surface area contributed by atoms with Crippen LogP contribution in [-0.2, 0) is 0 Å². The first-order valence-corrected chi connectivity index (χ1v) is 11.2. The van der Waals surface area contributed by atoms with Crippen LogP contribution >= 0.6 is 0 Å². The second kappa shape index (κ2) is 8.99. The summed E-state index contributed by atoms with van der Waals surface area (Å²) >= 11 is 0. The van der Waals surface area contributed by atoms with E-state index >= 15 is 0 Å². The normalized spacial score (nSPS) is 22.9. The topological polar surface area (TPSA) is 151 Å². The van der Waals surface area contributed by atoms with E-state index in [-0.39, 0.29) is 28.7 Å². The molecule has 0 saturated heterocycles. The number of aliphatic hydroxyl groups is 2. The van der Waals surface area contributed by atoms with Crippen molar-refractivity contribution in [1.29, 1.82) is 0 Å². The first kappa shape index (κ1) is 23.3. The number of hydrogen-bond donors (Lipinski definition) is 7. The minimum atomic E-state index is -1.13. The highest BCUT2D eigenvalue weighted by Crippen LogP contribution is 2.50. The zero-order valence-electron chi connectivity index (χ0n) is 18.9. The summed E-state index contributed by atoms with van der Waals surface area (Å²) in [6.45, 7) is 0. The monoisotopic (exact) mass is 488 g/mol. The lowest BCUT2D eigenvalue weighted by molar-refractivity contribution is 0.0772. The van der Waals surface area contributed by atoms with Gasteiger partial charge in [-0.25, -0.2) is 0 Å². The lowest BCUT2D eigenvalue weighted by atomic mass is 9.81. The molecule has 4 atom stereocenters. The average Bonchev–Trinajstić information content (AvgIpc) is 3.20. The quantitative estimate of drug-likeness (QED) is 0.218. The maximum atomic E-state index is 10.4. The maximum absolute atomic E-state index is 10.4. The van der Waals surface area contributed by atoms with Crippen LogP contribution in [0.2, 0.25) is 0 Å². The molecule has 0 bridgehead atoms. The average molecular weight is 488 g/mol. The Balaban J connectivity index is 1.65. The standard InChI is InChI=1S/C28H24O8/c29-18-9-17(10-19(30)12-18)27-26-15(3-1-14-2-5-21(32)23(34)7-14)8-20(31)13-25(26)36-28(27)16-4-6-22(33)24(35)11-16/h1-13,22,24,27-35H. The Kier molecular flexibility index (Phi) is 5.83. The number of phenols is 5. The second-order valence-corrected chi connectivity index (χ2v) is 8.83. The van der Waals surface area contributed by atoms with Crippen LogP contribution in [0.4, 0.5) is 0 Å². The Labute approximate surface area is 206 Å². The number of fused-ring (bicyclic) bond motifs is 1. The molecule has 0 spiro atoms. The van der Waals surface area contributed by atoms with E-state index in [2.05, 4.69) is 0 Å². The van der Waals surface area contributed by atoms with Crippen molar-refractivity contribution < 1.29 is 40.5 Å². The smallest absolute Gasteiger partial charge is 0.157 e. The van der Waals surface area contributed by atoms with Crippen LogP contribution in [0.1, 0.15) is 28.2 Å². The fraction of sp³-hybridized carbons (Fsp3) is 0.143. The zero-order valence-corrected chi connectivity index (χ0v) is 18.9. The van der Waals surface area contributed by atoms with E-state index in [9.17, 15) is 35.7 Å². The molecule has 0 aromatic heterocycles. The van der Waals surface area contributed by atoms with E-state index in [1.165, 1.54) is 48.6 Å². The number of phenolic OH excluding ortho intramolecular Hbond substituents is 5. The van der Waals surface area contributed by atoms with Crippen molar-refractivity contribution in [2.75, 3.05) is 0 Å². The Bertz CT molecular complexity index is 1400. The molecule has 4 unspecified atom stereocenters. The Morgan fingerprint density at radius 3 is 2.14 bits per heavy atom. The van der Waals surface area contributed by atoms with Crippen LogP contribution in [0.15, 0.2) is 72.3 Å². The predicted octanol–water partition coefficient (Wildman–Crippen LogP) is 3.50. The third kappa shape index (κ3) is 4.35. The maximum Gasteiger partial charge on any atom is 0.157 e. The molecular formula is C28H24O8. The van der Waals surface area contributed by atoms with Crippen LogP contribution in [0.25, 0.3) is 12.2 Å². The van der Waals surface area contributed by atoms with E-state index in [0.717, 1.165) is 0 Å². The molecule has 8 nitrogen and oxygen atoms in total. The van der Waals surface area contributed by atoms with Gasteiger partial charge in [0, 0.05) is 17.7 Å². The molecule has 2 aliphatic rings. The largest absolute Gasteiger partial charge is 0.508 e. The van der Waals surface area contributed by atoms with Gasteiger partial charge in [-0.15, -0.1) is 0 Å². The number of rotatable bonds is 4. The molecule has 8 heteroatoms. The summed E-state index contributed by atoms with van der Waals surface area (Å²) < 4.78 is 6.24. The first-order chi connectivity index (χ1) is 17.2. The zero-order chi connectivity index (χ0) is 25.6. The van der Waals surface area contributed by atoms with Crippen molar-refractivity contribution in [2.24, 2.45) is 0 Å². The van der Waals surface area contributed by atoms with Crippen LogP contribution in [0.3, 0.4) is 0 Å². The summed E-state index contributed by atoms with van der Waals surface area (Å²) in [4.78, 5) is 0. The van der Waals surface area contributed by atoms with Gasteiger partial charge in [0.2, 0.25) is 0 Å². The van der Waals surface area contributed by atoms with Gasteiger partial charge in [-0.1, -0.05) is 30.4 Å². The van der Waals surface area contributed by atoms with E-state index in [1.54, 1.807) is 30.4 Å². The summed E-state index contributed by atoms with van der Waals surface area (Å²) in [6.07, 6.45) is 5.12. The molecule has 1 aliphatic carbocycles. The molecular weight excluding hydrogens is 464 g/mol. The summed E-state index contributed by atoms with van der Waals surface area (Å²) in [6, 6.07) is 11.6. The van der Waals surface area contributed by atoms with Gasteiger partial charge in [-0.3, -0.25) is 0 Å². The second-order valence-electron chi connectivity index (χ2n) is 8.83. The molecule has 7 N–H and O–H groups in total. The van der Waals surface area contributed by atoms with E-state index in [0.29, 0.717) is 33.6 Å². The minimum absolute atomic E-state index is 0.0521. The van der Waals surface area contributed by atoms with Crippen molar-refractivity contribution in [3.8, 4) is 34.5 Å². The molecule has 3 aromatic rings.